The Labute approximate surface area is 129 Å². The fourth-order valence-corrected chi connectivity index (χ4v) is 2.33. The molecule has 1 fully saturated rings. The zero-order valence-electron chi connectivity index (χ0n) is 13.3. The van der Waals surface area contributed by atoms with Crippen molar-refractivity contribution >= 4 is 23.5 Å². The minimum Gasteiger partial charge on any atom is -0.324 e. The number of carbonyl (C=O) groups excluding carboxylic acids is 3. The molecule has 1 aliphatic rings. The van der Waals surface area contributed by atoms with Crippen molar-refractivity contribution in [1.82, 2.24) is 10.2 Å². The first-order chi connectivity index (χ1) is 10.3. The van der Waals surface area contributed by atoms with Crippen LogP contribution in [0.5, 0.6) is 0 Å². The van der Waals surface area contributed by atoms with Crippen molar-refractivity contribution in [2.45, 2.75) is 39.7 Å². The molecule has 1 aliphatic heterocycles. The number of imide groups is 1. The summed E-state index contributed by atoms with van der Waals surface area (Å²) in [6.07, 6.45) is 0.479. The Morgan fingerprint density at radius 1 is 1.32 bits per heavy atom. The maximum absolute atomic E-state index is 12.2. The van der Waals surface area contributed by atoms with Gasteiger partial charge in [0.05, 0.1) is 0 Å². The summed E-state index contributed by atoms with van der Waals surface area (Å²) in [5.74, 6) is -0.756. The Hall–Kier alpha value is -2.37. The molecular formula is C16H21N3O3. The van der Waals surface area contributed by atoms with Gasteiger partial charge in [-0.15, -0.1) is 0 Å². The molecule has 0 aromatic heterocycles. The summed E-state index contributed by atoms with van der Waals surface area (Å²) in [4.78, 5) is 37.2. The van der Waals surface area contributed by atoms with Gasteiger partial charge in [-0.25, -0.2) is 4.79 Å². The Bertz CT molecular complexity index is 642. The largest absolute Gasteiger partial charge is 0.325 e. The number of nitrogens with one attached hydrogen (secondary N) is 2. The number of hydrogen-bond donors (Lipinski definition) is 2. The van der Waals surface area contributed by atoms with Crippen LogP contribution in [-0.4, -0.2) is 34.8 Å². The zero-order chi connectivity index (χ0) is 16.5. The lowest BCUT2D eigenvalue weighted by atomic mass is 9.99. The summed E-state index contributed by atoms with van der Waals surface area (Å²) >= 11 is 0. The van der Waals surface area contributed by atoms with Gasteiger partial charge in [-0.05, 0) is 44.4 Å². The molecule has 6 nitrogen and oxygen atoms in total. The van der Waals surface area contributed by atoms with Crippen LogP contribution >= 0.6 is 0 Å². The molecule has 0 bridgehead atoms. The Kier molecular flexibility index (Phi) is 4.21. The van der Waals surface area contributed by atoms with Crippen molar-refractivity contribution in [3.8, 4) is 0 Å². The molecule has 118 valence electrons. The van der Waals surface area contributed by atoms with Crippen molar-refractivity contribution in [3.63, 3.8) is 0 Å². The molecule has 0 radical (unpaired) electrons. The van der Waals surface area contributed by atoms with Gasteiger partial charge in [0.2, 0.25) is 5.91 Å². The van der Waals surface area contributed by atoms with Gasteiger partial charge in [0.25, 0.3) is 5.91 Å². The summed E-state index contributed by atoms with van der Waals surface area (Å²) < 4.78 is 0. The highest BCUT2D eigenvalue weighted by Crippen LogP contribution is 2.21. The first kappa shape index (κ1) is 16.0. The van der Waals surface area contributed by atoms with Crippen molar-refractivity contribution in [3.05, 3.63) is 29.3 Å². The van der Waals surface area contributed by atoms with Gasteiger partial charge in [-0.1, -0.05) is 19.1 Å². The van der Waals surface area contributed by atoms with Crippen LogP contribution in [0.1, 0.15) is 31.4 Å². The van der Waals surface area contributed by atoms with Gasteiger partial charge in [0.15, 0.2) is 0 Å². The normalized spacial score (nSPS) is 21.0. The number of rotatable bonds is 4. The molecule has 0 unspecified atom stereocenters. The monoisotopic (exact) mass is 303 g/mol. The highest BCUT2D eigenvalue weighted by atomic mass is 16.2. The van der Waals surface area contributed by atoms with E-state index in [0.717, 1.165) is 16.0 Å². The third kappa shape index (κ3) is 2.95. The molecule has 6 heteroatoms. The number of nitrogens with zero attached hydrogens (tertiary/aromatic N) is 1. The van der Waals surface area contributed by atoms with Crippen LogP contribution in [0.2, 0.25) is 0 Å². The first-order valence-corrected chi connectivity index (χ1v) is 7.28. The summed E-state index contributed by atoms with van der Waals surface area (Å²) in [5, 5.41) is 5.38. The molecule has 4 amide bonds. The van der Waals surface area contributed by atoms with Gasteiger partial charge in [0.1, 0.15) is 12.1 Å². The smallest absolute Gasteiger partial charge is 0.324 e. The minimum atomic E-state index is -0.920. The average molecular weight is 303 g/mol. The quantitative estimate of drug-likeness (QED) is 0.835. The van der Waals surface area contributed by atoms with Crippen LogP contribution < -0.4 is 10.6 Å². The van der Waals surface area contributed by atoms with E-state index in [1.165, 1.54) is 0 Å². The molecule has 1 atom stereocenters. The zero-order valence-corrected chi connectivity index (χ0v) is 13.3. The van der Waals surface area contributed by atoms with Crippen molar-refractivity contribution in [1.29, 1.82) is 0 Å². The molecule has 0 spiro atoms. The fourth-order valence-electron chi connectivity index (χ4n) is 2.33. The number of urea groups is 1. The summed E-state index contributed by atoms with van der Waals surface area (Å²) in [6, 6.07) is 5.20. The van der Waals surface area contributed by atoms with Crippen LogP contribution in [0.4, 0.5) is 10.5 Å². The highest BCUT2D eigenvalue weighted by Gasteiger charge is 2.46. The molecule has 1 aromatic carbocycles. The van der Waals surface area contributed by atoms with E-state index < -0.39 is 17.5 Å². The van der Waals surface area contributed by atoms with E-state index in [0.29, 0.717) is 12.1 Å². The van der Waals surface area contributed by atoms with Crippen LogP contribution in [0, 0.1) is 13.8 Å². The number of carbonyl (C=O) groups is 3. The molecule has 1 aromatic rings. The summed E-state index contributed by atoms with van der Waals surface area (Å²) in [5.41, 5.74) is 1.72. The second-order valence-electron chi connectivity index (χ2n) is 5.87. The average Bonchev–Trinajstić information content (AvgIpc) is 2.67. The van der Waals surface area contributed by atoms with Crippen molar-refractivity contribution < 1.29 is 14.4 Å². The number of benzene rings is 1. The molecule has 1 heterocycles. The molecule has 22 heavy (non-hydrogen) atoms. The van der Waals surface area contributed by atoms with Crippen molar-refractivity contribution in [2.24, 2.45) is 0 Å². The van der Waals surface area contributed by atoms with Crippen LogP contribution in [0.15, 0.2) is 18.2 Å². The minimum absolute atomic E-state index is 0.284. The van der Waals surface area contributed by atoms with Gasteiger partial charge >= 0.3 is 6.03 Å². The maximum Gasteiger partial charge on any atom is 0.325 e. The Morgan fingerprint density at radius 2 is 2.00 bits per heavy atom. The second-order valence-corrected chi connectivity index (χ2v) is 5.87. The van der Waals surface area contributed by atoms with E-state index in [1.54, 1.807) is 6.92 Å². The lowest BCUT2D eigenvalue weighted by molar-refractivity contribution is -0.133. The topological polar surface area (TPSA) is 78.5 Å². The molecule has 2 rings (SSSR count). The maximum atomic E-state index is 12.2. The van der Waals surface area contributed by atoms with E-state index >= 15 is 0 Å². The molecular weight excluding hydrogens is 282 g/mol. The fraction of sp³-hybridized carbons (Fsp3) is 0.438. The van der Waals surface area contributed by atoms with E-state index in [2.05, 4.69) is 10.6 Å². The Morgan fingerprint density at radius 3 is 2.59 bits per heavy atom. The Balaban J connectivity index is 2.08. The number of aryl methyl sites for hydroxylation is 2. The first-order valence-electron chi connectivity index (χ1n) is 7.28. The lowest BCUT2D eigenvalue weighted by Gasteiger charge is -2.19. The van der Waals surface area contributed by atoms with E-state index in [4.69, 9.17) is 0 Å². The van der Waals surface area contributed by atoms with Gasteiger partial charge in [-0.3, -0.25) is 14.5 Å². The van der Waals surface area contributed by atoms with Crippen LogP contribution in [0.3, 0.4) is 0 Å². The SMILES string of the molecule is CC[C@@]1(C)NC(=O)N(CC(=O)Nc2cc(C)ccc2C)C1=O. The number of amides is 4. The third-order valence-corrected chi connectivity index (χ3v) is 4.02. The third-order valence-electron chi connectivity index (χ3n) is 4.02. The van der Waals surface area contributed by atoms with Gasteiger partial charge < -0.3 is 10.6 Å². The molecule has 0 saturated carbocycles. The highest BCUT2D eigenvalue weighted by molar-refractivity contribution is 6.09. The second kappa shape index (κ2) is 5.79. The van der Waals surface area contributed by atoms with E-state index in [9.17, 15) is 14.4 Å². The van der Waals surface area contributed by atoms with Crippen LogP contribution in [0.25, 0.3) is 0 Å². The lowest BCUT2D eigenvalue weighted by Crippen LogP contribution is -2.44. The summed E-state index contributed by atoms with van der Waals surface area (Å²) in [7, 11) is 0. The predicted molar refractivity (Wildman–Crippen MR) is 83.5 cm³/mol. The predicted octanol–water partition coefficient (Wildman–Crippen LogP) is 1.96. The van der Waals surface area contributed by atoms with E-state index in [-0.39, 0.29) is 12.5 Å². The standard InChI is InChI=1S/C16H21N3O3/c1-5-16(4)14(21)19(15(22)18-16)9-13(20)17-12-8-10(2)6-7-11(12)3/h6-8H,5,9H2,1-4H3,(H,17,20)(H,18,22)/t16-/m1/s1. The molecule has 2 N–H and O–H groups in total. The number of anilines is 1. The van der Waals surface area contributed by atoms with Gasteiger partial charge in [0, 0.05) is 5.69 Å². The summed E-state index contributed by atoms with van der Waals surface area (Å²) in [6.45, 7) is 7.01. The van der Waals surface area contributed by atoms with Gasteiger partial charge in [-0.2, -0.15) is 0 Å². The molecule has 1 saturated heterocycles. The van der Waals surface area contributed by atoms with E-state index in [1.807, 2.05) is 39.0 Å². The molecule has 0 aliphatic carbocycles. The number of hydrogen-bond acceptors (Lipinski definition) is 3. The van der Waals surface area contributed by atoms with Crippen LogP contribution in [-0.2, 0) is 9.59 Å². The van der Waals surface area contributed by atoms with Crippen molar-refractivity contribution in [2.75, 3.05) is 11.9 Å².